The van der Waals surface area contributed by atoms with Gasteiger partial charge in [-0.2, -0.15) is 5.10 Å². The van der Waals surface area contributed by atoms with Crippen LogP contribution in [0.3, 0.4) is 0 Å². The van der Waals surface area contributed by atoms with Gasteiger partial charge < -0.3 is 10.0 Å². The maximum absolute atomic E-state index is 10.9. The number of rotatable bonds is 4. The van der Waals surface area contributed by atoms with E-state index in [1.54, 1.807) is 0 Å². The van der Waals surface area contributed by atoms with Crippen LogP contribution in [-0.4, -0.2) is 63.4 Å². The van der Waals surface area contributed by atoms with Gasteiger partial charge in [0.25, 0.3) is 0 Å². The first kappa shape index (κ1) is 16.9. The van der Waals surface area contributed by atoms with Crippen molar-refractivity contribution in [3.05, 3.63) is 17.5 Å². The van der Waals surface area contributed by atoms with Gasteiger partial charge in [-0.3, -0.25) is 10.00 Å². The molecule has 1 aromatic heterocycles. The summed E-state index contributed by atoms with van der Waals surface area (Å²) in [6.45, 7) is 12.3. The normalized spacial score (nSPS) is 27.7. The lowest BCUT2D eigenvalue weighted by molar-refractivity contribution is 0.00627. The highest BCUT2D eigenvalue weighted by atomic mass is 16.3. The number of nitrogens with one attached hydrogen (secondary N) is 1. The summed E-state index contributed by atoms with van der Waals surface area (Å²) in [5.74, 6) is 0. The first-order valence-corrected chi connectivity index (χ1v) is 9.06. The van der Waals surface area contributed by atoms with Crippen LogP contribution in [0.5, 0.6) is 0 Å². The fraction of sp³-hybridized carbons (Fsp3) is 0.833. The van der Waals surface area contributed by atoms with E-state index in [1.807, 2.05) is 0 Å². The van der Waals surface area contributed by atoms with Gasteiger partial charge in [-0.15, -0.1) is 0 Å². The highest BCUT2D eigenvalue weighted by Gasteiger charge is 2.37. The number of β-amino-alcohol motifs (C(OH)–C–C–N with tert-alkyl or cyclic N) is 1. The maximum Gasteiger partial charge on any atom is 0.0912 e. The van der Waals surface area contributed by atoms with Crippen LogP contribution >= 0.6 is 0 Å². The van der Waals surface area contributed by atoms with Crippen LogP contribution in [0, 0.1) is 0 Å². The molecule has 130 valence electrons. The molecule has 2 aliphatic rings. The zero-order valence-corrected chi connectivity index (χ0v) is 14.9. The number of aliphatic hydroxyl groups is 1. The molecule has 0 saturated carbocycles. The molecular weight excluding hydrogens is 288 g/mol. The van der Waals surface area contributed by atoms with Gasteiger partial charge in [-0.25, -0.2) is 0 Å². The number of nitrogens with zero attached hydrogens (tertiary/aromatic N) is 3. The molecule has 5 nitrogen and oxygen atoms in total. The lowest BCUT2D eigenvalue weighted by Gasteiger charge is -2.33. The number of hydrogen-bond donors (Lipinski definition) is 2. The van der Waals surface area contributed by atoms with Crippen LogP contribution in [0.15, 0.2) is 6.07 Å². The van der Waals surface area contributed by atoms with Crippen molar-refractivity contribution in [2.45, 2.75) is 64.0 Å². The van der Waals surface area contributed by atoms with Crippen LogP contribution in [0.4, 0.5) is 0 Å². The summed E-state index contributed by atoms with van der Waals surface area (Å²) in [5, 5.41) is 18.5. The fourth-order valence-corrected chi connectivity index (χ4v) is 3.81. The van der Waals surface area contributed by atoms with Gasteiger partial charge in [0.2, 0.25) is 0 Å². The van der Waals surface area contributed by atoms with E-state index >= 15 is 0 Å². The number of likely N-dealkylation sites (tertiary alicyclic amines) is 2. The summed E-state index contributed by atoms with van der Waals surface area (Å²) in [5.41, 5.74) is 1.80. The lowest BCUT2D eigenvalue weighted by Crippen LogP contribution is -2.46. The SMILES string of the molecule is CC(C)(C)c1cc(CN2CC[C@@](O)(CN3CCCCC3)C2)[nH]n1. The van der Waals surface area contributed by atoms with E-state index in [0.29, 0.717) is 0 Å². The average molecular weight is 320 g/mol. The Balaban J connectivity index is 1.53. The summed E-state index contributed by atoms with van der Waals surface area (Å²) in [6, 6.07) is 2.17. The predicted octanol–water partition coefficient (Wildman–Crippen LogP) is 2.13. The molecule has 0 unspecified atom stereocenters. The summed E-state index contributed by atoms with van der Waals surface area (Å²) >= 11 is 0. The molecule has 23 heavy (non-hydrogen) atoms. The van der Waals surface area contributed by atoms with E-state index in [1.165, 1.54) is 19.3 Å². The number of piperidine rings is 1. The van der Waals surface area contributed by atoms with Crippen molar-refractivity contribution in [2.24, 2.45) is 0 Å². The van der Waals surface area contributed by atoms with Gasteiger partial charge in [0.15, 0.2) is 0 Å². The van der Waals surface area contributed by atoms with Crippen LogP contribution in [0.25, 0.3) is 0 Å². The van der Waals surface area contributed by atoms with Crippen molar-refractivity contribution in [2.75, 3.05) is 32.7 Å². The van der Waals surface area contributed by atoms with Crippen LogP contribution in [0.2, 0.25) is 0 Å². The topological polar surface area (TPSA) is 55.4 Å². The van der Waals surface area contributed by atoms with Crippen molar-refractivity contribution in [1.29, 1.82) is 0 Å². The Labute approximate surface area is 140 Å². The molecule has 0 amide bonds. The van der Waals surface area contributed by atoms with Crippen molar-refractivity contribution in [1.82, 2.24) is 20.0 Å². The van der Waals surface area contributed by atoms with Crippen molar-refractivity contribution < 1.29 is 5.11 Å². The van der Waals surface area contributed by atoms with E-state index in [0.717, 1.165) is 57.1 Å². The second-order valence-corrected chi connectivity index (χ2v) is 8.55. The molecule has 1 aromatic rings. The number of hydrogen-bond acceptors (Lipinski definition) is 4. The summed E-state index contributed by atoms with van der Waals surface area (Å²) in [4.78, 5) is 4.80. The Hall–Kier alpha value is -0.910. The quantitative estimate of drug-likeness (QED) is 0.892. The Morgan fingerprint density at radius 3 is 2.57 bits per heavy atom. The Kier molecular flexibility index (Phi) is 4.81. The first-order valence-electron chi connectivity index (χ1n) is 9.06. The Morgan fingerprint density at radius 2 is 1.91 bits per heavy atom. The number of H-pyrrole nitrogens is 1. The predicted molar refractivity (Wildman–Crippen MR) is 92.4 cm³/mol. The molecule has 3 heterocycles. The van der Waals surface area contributed by atoms with E-state index in [9.17, 15) is 5.11 Å². The number of aromatic amines is 1. The van der Waals surface area contributed by atoms with Crippen LogP contribution < -0.4 is 0 Å². The minimum absolute atomic E-state index is 0.0781. The van der Waals surface area contributed by atoms with Crippen molar-refractivity contribution in [3.63, 3.8) is 0 Å². The maximum atomic E-state index is 10.9. The zero-order valence-electron chi connectivity index (χ0n) is 14.9. The summed E-state index contributed by atoms with van der Waals surface area (Å²) in [7, 11) is 0. The van der Waals surface area contributed by atoms with E-state index in [-0.39, 0.29) is 5.41 Å². The average Bonchev–Trinajstić information content (AvgIpc) is 3.07. The third-order valence-electron chi connectivity index (χ3n) is 5.17. The zero-order chi connectivity index (χ0) is 16.5. The van der Waals surface area contributed by atoms with Gasteiger partial charge in [-0.05, 0) is 38.4 Å². The second kappa shape index (κ2) is 6.54. The van der Waals surface area contributed by atoms with Gasteiger partial charge in [-0.1, -0.05) is 27.2 Å². The minimum Gasteiger partial charge on any atom is -0.387 e. The van der Waals surface area contributed by atoms with Gasteiger partial charge in [0.05, 0.1) is 11.3 Å². The van der Waals surface area contributed by atoms with E-state index < -0.39 is 5.60 Å². The highest BCUT2D eigenvalue weighted by Crippen LogP contribution is 2.26. The third kappa shape index (κ3) is 4.34. The molecule has 2 N–H and O–H groups in total. The van der Waals surface area contributed by atoms with E-state index in [2.05, 4.69) is 46.8 Å². The molecule has 2 fully saturated rings. The van der Waals surface area contributed by atoms with Crippen LogP contribution in [0.1, 0.15) is 57.8 Å². The fourth-order valence-electron chi connectivity index (χ4n) is 3.81. The third-order valence-corrected chi connectivity index (χ3v) is 5.17. The summed E-state index contributed by atoms with van der Waals surface area (Å²) in [6.07, 6.45) is 4.79. The molecule has 1 atom stereocenters. The molecule has 3 rings (SSSR count). The second-order valence-electron chi connectivity index (χ2n) is 8.55. The molecule has 0 bridgehead atoms. The molecule has 0 aromatic carbocycles. The molecule has 2 aliphatic heterocycles. The smallest absolute Gasteiger partial charge is 0.0912 e. The van der Waals surface area contributed by atoms with Crippen LogP contribution in [-0.2, 0) is 12.0 Å². The molecular formula is C18H32N4O. The molecule has 0 aliphatic carbocycles. The van der Waals surface area contributed by atoms with Crippen molar-refractivity contribution in [3.8, 4) is 0 Å². The number of aromatic nitrogens is 2. The standard InChI is InChI=1S/C18H32N4O/c1-17(2,3)16-11-15(19-20-16)12-22-10-7-18(23,14-22)13-21-8-5-4-6-9-21/h11,23H,4-10,12-14H2,1-3H3,(H,19,20)/t18-/m1/s1. The Bertz CT molecular complexity index is 515. The summed E-state index contributed by atoms with van der Waals surface area (Å²) < 4.78 is 0. The molecule has 0 radical (unpaired) electrons. The first-order chi connectivity index (χ1) is 10.8. The Morgan fingerprint density at radius 1 is 1.17 bits per heavy atom. The molecule has 2 saturated heterocycles. The van der Waals surface area contributed by atoms with Crippen molar-refractivity contribution >= 4 is 0 Å². The monoisotopic (exact) mass is 320 g/mol. The highest BCUT2D eigenvalue weighted by molar-refractivity contribution is 5.16. The largest absolute Gasteiger partial charge is 0.387 e. The van der Waals surface area contributed by atoms with Gasteiger partial charge >= 0.3 is 0 Å². The van der Waals surface area contributed by atoms with E-state index in [4.69, 9.17) is 0 Å². The van der Waals surface area contributed by atoms with Gasteiger partial charge in [0, 0.05) is 37.3 Å². The lowest BCUT2D eigenvalue weighted by atomic mass is 9.92. The molecule has 5 heteroatoms. The minimum atomic E-state index is -0.537. The van der Waals surface area contributed by atoms with Gasteiger partial charge in [0.1, 0.15) is 0 Å². The molecule has 0 spiro atoms.